The predicted molar refractivity (Wildman–Crippen MR) is 86.8 cm³/mol. The van der Waals surface area contributed by atoms with Crippen LogP contribution < -0.4 is 10.1 Å². The van der Waals surface area contributed by atoms with Gasteiger partial charge in [0.1, 0.15) is 12.4 Å². The molecule has 1 saturated heterocycles. The second-order valence-corrected chi connectivity index (χ2v) is 6.44. The standard InChI is InChI=1S/C18H29NO2/c1-5-17(19-6-2)14-7-9-15(10-8-14)20-13-16-11-12-18(3,4)21-16/h7-10,16-17,19H,5-6,11-13H2,1-4H3. The largest absolute Gasteiger partial charge is 0.491 e. The van der Waals surface area contributed by atoms with Crippen molar-refractivity contribution >= 4 is 0 Å². The number of nitrogens with one attached hydrogen (secondary N) is 1. The molecule has 0 aromatic heterocycles. The maximum Gasteiger partial charge on any atom is 0.119 e. The molecule has 118 valence electrons. The molecule has 0 saturated carbocycles. The van der Waals surface area contributed by atoms with Gasteiger partial charge in [-0.25, -0.2) is 0 Å². The van der Waals surface area contributed by atoms with Crippen LogP contribution in [-0.2, 0) is 4.74 Å². The summed E-state index contributed by atoms with van der Waals surface area (Å²) in [5.41, 5.74) is 1.34. The molecular weight excluding hydrogens is 262 g/mol. The Hall–Kier alpha value is -1.06. The molecule has 1 heterocycles. The van der Waals surface area contributed by atoms with Gasteiger partial charge in [-0.1, -0.05) is 26.0 Å². The van der Waals surface area contributed by atoms with E-state index in [9.17, 15) is 0 Å². The summed E-state index contributed by atoms with van der Waals surface area (Å²) in [6.07, 6.45) is 3.52. The molecule has 2 atom stereocenters. The van der Waals surface area contributed by atoms with Crippen molar-refractivity contribution in [3.8, 4) is 5.75 Å². The van der Waals surface area contributed by atoms with Crippen molar-refractivity contribution in [3.05, 3.63) is 29.8 Å². The lowest BCUT2D eigenvalue weighted by Crippen LogP contribution is -2.24. The van der Waals surface area contributed by atoms with Crippen LogP contribution >= 0.6 is 0 Å². The van der Waals surface area contributed by atoms with Crippen molar-refractivity contribution < 1.29 is 9.47 Å². The van der Waals surface area contributed by atoms with Crippen LogP contribution in [0.1, 0.15) is 58.6 Å². The third-order valence-corrected chi connectivity index (χ3v) is 4.13. The third-order valence-electron chi connectivity index (χ3n) is 4.13. The van der Waals surface area contributed by atoms with E-state index in [1.807, 2.05) is 0 Å². The zero-order valence-electron chi connectivity index (χ0n) is 13.8. The fourth-order valence-corrected chi connectivity index (χ4v) is 2.92. The average molecular weight is 291 g/mol. The minimum Gasteiger partial charge on any atom is -0.491 e. The van der Waals surface area contributed by atoms with Gasteiger partial charge in [0.05, 0.1) is 11.7 Å². The van der Waals surface area contributed by atoms with Crippen molar-refractivity contribution in [1.82, 2.24) is 5.32 Å². The van der Waals surface area contributed by atoms with Crippen molar-refractivity contribution in [2.24, 2.45) is 0 Å². The van der Waals surface area contributed by atoms with Crippen molar-refractivity contribution in [2.75, 3.05) is 13.2 Å². The zero-order valence-corrected chi connectivity index (χ0v) is 13.8. The van der Waals surface area contributed by atoms with Crippen LogP contribution in [0.25, 0.3) is 0 Å². The van der Waals surface area contributed by atoms with Crippen LogP contribution in [0.15, 0.2) is 24.3 Å². The monoisotopic (exact) mass is 291 g/mol. The summed E-state index contributed by atoms with van der Waals surface area (Å²) in [6, 6.07) is 8.88. The molecule has 0 aliphatic carbocycles. The lowest BCUT2D eigenvalue weighted by Gasteiger charge is -2.20. The minimum absolute atomic E-state index is 0.0120. The molecule has 1 fully saturated rings. The number of ether oxygens (including phenoxy) is 2. The Morgan fingerprint density at radius 1 is 1.29 bits per heavy atom. The number of benzene rings is 1. The topological polar surface area (TPSA) is 30.5 Å². The summed E-state index contributed by atoms with van der Waals surface area (Å²) < 4.78 is 11.8. The highest BCUT2D eigenvalue weighted by molar-refractivity contribution is 5.29. The number of hydrogen-bond acceptors (Lipinski definition) is 3. The Labute approximate surface area is 129 Å². The van der Waals surface area contributed by atoms with Gasteiger partial charge in [0.25, 0.3) is 0 Å². The highest BCUT2D eigenvalue weighted by atomic mass is 16.6. The highest BCUT2D eigenvalue weighted by Crippen LogP contribution is 2.29. The van der Waals surface area contributed by atoms with Gasteiger partial charge in [-0.05, 0) is 57.4 Å². The summed E-state index contributed by atoms with van der Waals surface area (Å²) in [5, 5.41) is 3.49. The van der Waals surface area contributed by atoms with Crippen molar-refractivity contribution in [1.29, 1.82) is 0 Å². The zero-order chi connectivity index (χ0) is 15.3. The molecule has 1 aliphatic rings. The summed E-state index contributed by atoms with van der Waals surface area (Å²) in [4.78, 5) is 0. The van der Waals surface area contributed by atoms with Gasteiger partial charge in [0, 0.05) is 6.04 Å². The summed E-state index contributed by atoms with van der Waals surface area (Å²) in [5.74, 6) is 0.929. The van der Waals surface area contributed by atoms with E-state index in [2.05, 4.69) is 57.3 Å². The van der Waals surface area contributed by atoms with Gasteiger partial charge in [-0.2, -0.15) is 0 Å². The van der Waals surface area contributed by atoms with Gasteiger partial charge in [-0.3, -0.25) is 0 Å². The van der Waals surface area contributed by atoms with E-state index in [0.29, 0.717) is 12.6 Å². The van der Waals surface area contributed by atoms with Gasteiger partial charge >= 0.3 is 0 Å². The van der Waals surface area contributed by atoms with Gasteiger partial charge in [0.15, 0.2) is 0 Å². The lowest BCUT2D eigenvalue weighted by molar-refractivity contribution is -0.0326. The fraction of sp³-hybridized carbons (Fsp3) is 0.667. The fourth-order valence-electron chi connectivity index (χ4n) is 2.92. The quantitative estimate of drug-likeness (QED) is 0.821. The molecule has 2 rings (SSSR count). The van der Waals surface area contributed by atoms with Crippen LogP contribution in [0, 0.1) is 0 Å². The van der Waals surface area contributed by atoms with Gasteiger partial charge < -0.3 is 14.8 Å². The molecule has 0 bridgehead atoms. The smallest absolute Gasteiger partial charge is 0.119 e. The first-order valence-corrected chi connectivity index (χ1v) is 8.18. The molecule has 3 nitrogen and oxygen atoms in total. The van der Waals surface area contributed by atoms with Gasteiger partial charge in [0.2, 0.25) is 0 Å². The number of hydrogen-bond donors (Lipinski definition) is 1. The summed E-state index contributed by atoms with van der Waals surface area (Å²) >= 11 is 0. The third kappa shape index (κ3) is 4.72. The molecule has 0 radical (unpaired) electrons. The van der Waals surface area contributed by atoms with Crippen LogP contribution in [-0.4, -0.2) is 24.9 Å². The summed E-state index contributed by atoms with van der Waals surface area (Å²) in [6.45, 7) is 10.3. The Bertz CT molecular complexity index is 427. The Morgan fingerprint density at radius 2 is 2.00 bits per heavy atom. The lowest BCUT2D eigenvalue weighted by atomic mass is 10.0. The number of rotatable bonds is 7. The van der Waals surface area contributed by atoms with E-state index in [1.165, 1.54) is 5.56 Å². The Kier molecular flexibility index (Phi) is 5.65. The normalized spacial score (nSPS) is 22.2. The molecular formula is C18H29NO2. The molecule has 2 unspecified atom stereocenters. The first kappa shape index (κ1) is 16.3. The van der Waals surface area contributed by atoms with E-state index in [4.69, 9.17) is 9.47 Å². The maximum absolute atomic E-state index is 5.95. The van der Waals surface area contributed by atoms with E-state index < -0.39 is 0 Å². The molecule has 1 aromatic rings. The molecule has 1 aliphatic heterocycles. The molecule has 3 heteroatoms. The predicted octanol–water partition coefficient (Wildman–Crippen LogP) is 4.08. The van der Waals surface area contributed by atoms with E-state index in [0.717, 1.165) is 31.6 Å². The molecule has 1 N–H and O–H groups in total. The summed E-state index contributed by atoms with van der Waals surface area (Å²) in [7, 11) is 0. The van der Waals surface area contributed by atoms with E-state index in [1.54, 1.807) is 0 Å². The Morgan fingerprint density at radius 3 is 2.52 bits per heavy atom. The Balaban J connectivity index is 1.85. The molecule has 0 spiro atoms. The maximum atomic E-state index is 5.95. The first-order valence-electron chi connectivity index (χ1n) is 8.18. The SMILES string of the molecule is CCNC(CC)c1ccc(OCC2CCC(C)(C)O2)cc1. The second-order valence-electron chi connectivity index (χ2n) is 6.44. The van der Waals surface area contributed by atoms with E-state index >= 15 is 0 Å². The van der Waals surface area contributed by atoms with E-state index in [-0.39, 0.29) is 11.7 Å². The molecule has 0 amide bonds. The average Bonchev–Trinajstić information content (AvgIpc) is 2.83. The van der Waals surface area contributed by atoms with Crippen LogP contribution in [0.2, 0.25) is 0 Å². The minimum atomic E-state index is 0.0120. The van der Waals surface area contributed by atoms with Crippen molar-refractivity contribution in [3.63, 3.8) is 0 Å². The van der Waals surface area contributed by atoms with Crippen molar-refractivity contribution in [2.45, 2.75) is 64.7 Å². The second kappa shape index (κ2) is 7.28. The van der Waals surface area contributed by atoms with Crippen LogP contribution in [0.5, 0.6) is 5.75 Å². The van der Waals surface area contributed by atoms with Crippen LogP contribution in [0.4, 0.5) is 0 Å². The first-order chi connectivity index (χ1) is 10.0. The highest BCUT2D eigenvalue weighted by Gasteiger charge is 2.31. The van der Waals surface area contributed by atoms with Gasteiger partial charge in [-0.15, -0.1) is 0 Å². The molecule has 1 aromatic carbocycles. The molecule has 21 heavy (non-hydrogen) atoms. The van der Waals surface area contributed by atoms with Crippen LogP contribution in [0.3, 0.4) is 0 Å².